The van der Waals surface area contributed by atoms with Gasteiger partial charge in [-0.3, -0.25) is 10.1 Å². The molecule has 1 rings (SSSR count). The zero-order chi connectivity index (χ0) is 14.5. The van der Waals surface area contributed by atoms with Gasteiger partial charge in [0.15, 0.2) is 6.61 Å². The van der Waals surface area contributed by atoms with Gasteiger partial charge in [-0.05, 0) is 32.2 Å². The van der Waals surface area contributed by atoms with Crippen LogP contribution in [-0.4, -0.2) is 30.1 Å². The normalized spacial score (nSPS) is 10.7. The molecule has 19 heavy (non-hydrogen) atoms. The molecule has 0 atom stereocenters. The molecular weight excluding hydrogens is 268 g/mol. The Hall–Kier alpha value is -1.89. The molecule has 0 saturated carbocycles. The van der Waals surface area contributed by atoms with Crippen molar-refractivity contribution in [3.05, 3.63) is 22.4 Å². The molecule has 7 heteroatoms. The van der Waals surface area contributed by atoms with Gasteiger partial charge in [0.05, 0.1) is 5.56 Å². The van der Waals surface area contributed by atoms with Gasteiger partial charge in [-0.1, -0.05) is 0 Å². The van der Waals surface area contributed by atoms with E-state index in [4.69, 9.17) is 4.74 Å². The van der Waals surface area contributed by atoms with E-state index >= 15 is 0 Å². The van der Waals surface area contributed by atoms with Crippen LogP contribution >= 0.6 is 11.3 Å². The second-order valence-electron chi connectivity index (χ2n) is 4.84. The number of hydrogen-bond acceptors (Lipinski definition) is 5. The number of esters is 1. The maximum absolute atomic E-state index is 11.4. The van der Waals surface area contributed by atoms with Gasteiger partial charge in [0.2, 0.25) is 0 Å². The molecule has 0 aliphatic rings. The lowest BCUT2D eigenvalue weighted by molar-refractivity contribution is -0.123. The predicted molar refractivity (Wildman–Crippen MR) is 71.0 cm³/mol. The molecule has 0 aliphatic heterocycles. The number of carbonyl (C=O) groups is 3. The second kappa shape index (κ2) is 6.33. The SMILES string of the molecule is CC(C)(C)NC(=O)NC(=O)COC(=O)c1ccsc1. The topological polar surface area (TPSA) is 84.5 Å². The van der Waals surface area contributed by atoms with Crippen molar-refractivity contribution in [1.29, 1.82) is 0 Å². The van der Waals surface area contributed by atoms with Crippen molar-refractivity contribution < 1.29 is 19.1 Å². The van der Waals surface area contributed by atoms with E-state index in [2.05, 4.69) is 10.6 Å². The van der Waals surface area contributed by atoms with Crippen molar-refractivity contribution in [3.8, 4) is 0 Å². The van der Waals surface area contributed by atoms with Gasteiger partial charge in [-0.25, -0.2) is 9.59 Å². The summed E-state index contributed by atoms with van der Waals surface area (Å²) >= 11 is 1.35. The van der Waals surface area contributed by atoms with Crippen LogP contribution in [0.4, 0.5) is 4.79 Å². The van der Waals surface area contributed by atoms with E-state index in [0.717, 1.165) is 0 Å². The third kappa shape index (κ3) is 6.01. The Morgan fingerprint density at radius 2 is 2.00 bits per heavy atom. The highest BCUT2D eigenvalue weighted by atomic mass is 32.1. The molecule has 0 fully saturated rings. The minimum atomic E-state index is -0.676. The van der Waals surface area contributed by atoms with Crippen molar-refractivity contribution in [2.45, 2.75) is 26.3 Å². The summed E-state index contributed by atoms with van der Waals surface area (Å²) in [5.74, 6) is -1.27. The van der Waals surface area contributed by atoms with Crippen LogP contribution in [0, 0.1) is 0 Å². The van der Waals surface area contributed by atoms with E-state index in [1.54, 1.807) is 37.6 Å². The molecular formula is C12H16N2O4S. The van der Waals surface area contributed by atoms with Crippen LogP contribution in [-0.2, 0) is 9.53 Å². The third-order valence-corrected chi connectivity index (χ3v) is 2.52. The number of carbonyl (C=O) groups excluding carboxylic acids is 3. The first-order valence-electron chi connectivity index (χ1n) is 5.59. The van der Waals surface area contributed by atoms with Crippen molar-refractivity contribution in [3.63, 3.8) is 0 Å². The molecule has 0 unspecified atom stereocenters. The molecule has 0 aromatic carbocycles. The van der Waals surface area contributed by atoms with Gasteiger partial charge in [0, 0.05) is 10.9 Å². The minimum absolute atomic E-state index is 0.386. The lowest BCUT2D eigenvalue weighted by Gasteiger charge is -2.20. The average Bonchev–Trinajstić information content (AvgIpc) is 2.76. The first-order valence-corrected chi connectivity index (χ1v) is 6.53. The molecule has 6 nitrogen and oxygen atoms in total. The number of hydrogen-bond donors (Lipinski definition) is 2. The van der Waals surface area contributed by atoms with Crippen LogP contribution in [0.3, 0.4) is 0 Å². The molecule has 3 amide bonds. The number of ether oxygens (including phenoxy) is 1. The largest absolute Gasteiger partial charge is 0.452 e. The Morgan fingerprint density at radius 1 is 1.32 bits per heavy atom. The smallest absolute Gasteiger partial charge is 0.339 e. The molecule has 1 heterocycles. The fraction of sp³-hybridized carbons (Fsp3) is 0.417. The highest BCUT2D eigenvalue weighted by molar-refractivity contribution is 7.08. The number of thiophene rings is 1. The fourth-order valence-electron chi connectivity index (χ4n) is 1.13. The van der Waals surface area contributed by atoms with E-state index in [1.165, 1.54) is 11.3 Å². The van der Waals surface area contributed by atoms with Crippen molar-refractivity contribution in [1.82, 2.24) is 10.6 Å². The first kappa shape index (κ1) is 15.2. The maximum Gasteiger partial charge on any atom is 0.339 e. The summed E-state index contributed by atoms with van der Waals surface area (Å²) in [5, 5.41) is 7.98. The van der Waals surface area contributed by atoms with Crippen LogP contribution < -0.4 is 10.6 Å². The molecule has 104 valence electrons. The van der Waals surface area contributed by atoms with Crippen LogP contribution in [0.25, 0.3) is 0 Å². The number of amides is 3. The summed E-state index contributed by atoms with van der Waals surface area (Å²) in [6, 6.07) is 0.973. The highest BCUT2D eigenvalue weighted by Gasteiger charge is 2.16. The molecule has 1 aromatic heterocycles. The van der Waals surface area contributed by atoms with E-state index in [1.807, 2.05) is 0 Å². The fourth-order valence-corrected chi connectivity index (χ4v) is 1.75. The number of imide groups is 1. The Bertz CT molecular complexity index is 463. The highest BCUT2D eigenvalue weighted by Crippen LogP contribution is 2.07. The van der Waals surface area contributed by atoms with E-state index < -0.39 is 30.1 Å². The lowest BCUT2D eigenvalue weighted by atomic mass is 10.1. The number of nitrogens with one attached hydrogen (secondary N) is 2. The summed E-state index contributed by atoms with van der Waals surface area (Å²) in [5.41, 5.74) is -0.0607. The number of rotatable bonds is 3. The van der Waals surface area contributed by atoms with Gasteiger partial charge in [0.1, 0.15) is 0 Å². The van der Waals surface area contributed by atoms with Crippen LogP contribution in [0.2, 0.25) is 0 Å². The summed E-state index contributed by atoms with van der Waals surface area (Å²) in [7, 11) is 0. The van der Waals surface area contributed by atoms with Gasteiger partial charge in [-0.2, -0.15) is 11.3 Å². The van der Waals surface area contributed by atoms with Gasteiger partial charge < -0.3 is 10.1 Å². The van der Waals surface area contributed by atoms with Gasteiger partial charge >= 0.3 is 12.0 Å². The Balaban J connectivity index is 2.32. The zero-order valence-corrected chi connectivity index (χ0v) is 11.8. The summed E-state index contributed by atoms with van der Waals surface area (Å²) in [6.45, 7) is 4.86. The van der Waals surface area contributed by atoms with Gasteiger partial charge in [0.25, 0.3) is 5.91 Å². The van der Waals surface area contributed by atoms with Crippen molar-refractivity contribution >= 4 is 29.2 Å². The predicted octanol–water partition coefficient (Wildman–Crippen LogP) is 1.53. The molecule has 0 bridgehead atoms. The Labute approximate surface area is 115 Å². The standard InChI is InChI=1S/C12H16N2O4S/c1-12(2,3)14-11(17)13-9(15)6-18-10(16)8-4-5-19-7-8/h4-5,7H,6H2,1-3H3,(H2,13,14,15,17). The van der Waals surface area contributed by atoms with E-state index in [0.29, 0.717) is 5.56 Å². The second-order valence-corrected chi connectivity index (χ2v) is 5.62. The molecule has 2 N–H and O–H groups in total. The van der Waals surface area contributed by atoms with Crippen LogP contribution in [0.5, 0.6) is 0 Å². The average molecular weight is 284 g/mol. The molecule has 0 radical (unpaired) electrons. The van der Waals surface area contributed by atoms with Crippen molar-refractivity contribution in [2.24, 2.45) is 0 Å². The zero-order valence-electron chi connectivity index (χ0n) is 11.0. The molecule has 0 saturated heterocycles. The molecule has 0 aliphatic carbocycles. The van der Waals surface area contributed by atoms with Crippen molar-refractivity contribution in [2.75, 3.05) is 6.61 Å². The van der Waals surface area contributed by atoms with Gasteiger partial charge in [-0.15, -0.1) is 0 Å². The number of urea groups is 1. The lowest BCUT2D eigenvalue weighted by Crippen LogP contribution is -2.49. The molecule has 1 aromatic rings. The third-order valence-electron chi connectivity index (χ3n) is 1.83. The summed E-state index contributed by atoms with van der Waals surface area (Å²) in [4.78, 5) is 34.2. The Morgan fingerprint density at radius 3 is 2.53 bits per heavy atom. The van der Waals surface area contributed by atoms with Crippen LogP contribution in [0.1, 0.15) is 31.1 Å². The summed E-state index contributed by atoms with van der Waals surface area (Å²) in [6.07, 6.45) is 0. The summed E-state index contributed by atoms with van der Waals surface area (Å²) < 4.78 is 4.75. The van der Waals surface area contributed by atoms with E-state index in [-0.39, 0.29) is 0 Å². The molecule has 0 spiro atoms. The van der Waals surface area contributed by atoms with E-state index in [9.17, 15) is 14.4 Å². The monoisotopic (exact) mass is 284 g/mol. The quantitative estimate of drug-likeness (QED) is 0.824. The first-order chi connectivity index (χ1) is 8.78. The Kier molecular flexibility index (Phi) is 5.05. The minimum Gasteiger partial charge on any atom is -0.452 e. The van der Waals surface area contributed by atoms with Crippen LogP contribution in [0.15, 0.2) is 16.8 Å². The maximum atomic E-state index is 11.4.